The van der Waals surface area contributed by atoms with Crippen LogP contribution in [0.3, 0.4) is 0 Å². The summed E-state index contributed by atoms with van der Waals surface area (Å²) in [6.45, 7) is -0.646. The van der Waals surface area contributed by atoms with Gasteiger partial charge in [0.1, 0.15) is 12.9 Å². The van der Waals surface area contributed by atoms with Crippen molar-refractivity contribution >= 4 is 40.5 Å². The number of rotatable bonds is 9. The van der Waals surface area contributed by atoms with Gasteiger partial charge in [-0.25, -0.2) is 9.48 Å². The Labute approximate surface area is 205 Å². The second-order valence-electron chi connectivity index (χ2n) is 7.31. The molecule has 0 aliphatic heterocycles. The number of aromatic nitrogens is 4. The minimum Gasteiger partial charge on any atom is -0.452 e. The molecule has 4 aromatic rings. The van der Waals surface area contributed by atoms with E-state index in [1.165, 1.54) is 17.1 Å². The highest BCUT2D eigenvalue weighted by Gasteiger charge is 2.16. The van der Waals surface area contributed by atoms with Gasteiger partial charge in [0.05, 0.1) is 22.6 Å². The Kier molecular flexibility index (Phi) is 7.79. The summed E-state index contributed by atoms with van der Waals surface area (Å²) in [5.74, 6) is -1.73. The number of nitrogens with zero attached hydrogens (tertiary/aromatic N) is 6. The average Bonchev–Trinajstić information content (AvgIpc) is 3.41. The van der Waals surface area contributed by atoms with Crippen LogP contribution >= 0.6 is 0 Å². The number of para-hydroxylation sites is 1. The fraction of sp³-hybridized carbons (Fsp3) is 0.0833. The summed E-state index contributed by atoms with van der Waals surface area (Å²) < 4.78 is 6.36. The van der Waals surface area contributed by atoms with Crippen molar-refractivity contribution in [2.75, 3.05) is 17.2 Å². The molecule has 0 aliphatic carbocycles. The van der Waals surface area contributed by atoms with Gasteiger partial charge in [-0.3, -0.25) is 9.59 Å². The van der Waals surface area contributed by atoms with E-state index in [2.05, 4.69) is 36.4 Å². The third-order valence-corrected chi connectivity index (χ3v) is 4.64. The fourth-order valence-corrected chi connectivity index (χ4v) is 2.99. The van der Waals surface area contributed by atoms with Crippen molar-refractivity contribution in [3.05, 3.63) is 90.8 Å². The standard InChI is InChI=1S/C24H20N8O4/c33-22(14-32-16-25-30-31-32)27-21-9-5-4-8-20(21)24(35)36-15-23(34)26-17-10-12-19(13-11-17)29-28-18-6-2-1-3-7-18/h1-13,16H,14-15H2,(H,26,34)(H,27,33). The topological polar surface area (TPSA) is 153 Å². The van der Waals surface area contributed by atoms with Crippen LogP contribution in [0.2, 0.25) is 0 Å². The number of tetrazole rings is 1. The molecule has 0 fully saturated rings. The lowest BCUT2D eigenvalue weighted by Gasteiger charge is -2.11. The first-order valence-corrected chi connectivity index (χ1v) is 10.7. The van der Waals surface area contributed by atoms with Crippen molar-refractivity contribution in [1.29, 1.82) is 0 Å². The van der Waals surface area contributed by atoms with Crippen molar-refractivity contribution in [2.45, 2.75) is 6.54 Å². The first kappa shape index (κ1) is 23.9. The van der Waals surface area contributed by atoms with Crippen molar-refractivity contribution in [3.63, 3.8) is 0 Å². The highest BCUT2D eigenvalue weighted by molar-refractivity contribution is 6.02. The second-order valence-corrected chi connectivity index (χ2v) is 7.31. The summed E-state index contributed by atoms with van der Waals surface area (Å²) in [6, 6.07) is 22.3. The maximum absolute atomic E-state index is 12.5. The first-order chi connectivity index (χ1) is 17.6. The molecular formula is C24H20N8O4. The van der Waals surface area contributed by atoms with Crippen LogP contribution in [0, 0.1) is 0 Å². The SMILES string of the molecule is O=C(COC(=O)c1ccccc1NC(=O)Cn1cnnn1)Nc1ccc(N=Nc2ccccc2)cc1. The smallest absolute Gasteiger partial charge is 0.340 e. The zero-order chi connectivity index (χ0) is 25.2. The second kappa shape index (κ2) is 11.7. The van der Waals surface area contributed by atoms with Crippen LogP contribution in [0.1, 0.15) is 10.4 Å². The molecule has 0 saturated heterocycles. The molecule has 0 unspecified atom stereocenters. The number of carbonyl (C=O) groups is 3. The molecule has 180 valence electrons. The molecule has 2 amide bonds. The van der Waals surface area contributed by atoms with Gasteiger partial charge in [0, 0.05) is 5.69 Å². The summed E-state index contributed by atoms with van der Waals surface area (Å²) in [5, 5.41) is 24.0. The van der Waals surface area contributed by atoms with Gasteiger partial charge in [-0.1, -0.05) is 30.3 Å². The van der Waals surface area contributed by atoms with E-state index in [9.17, 15) is 14.4 Å². The molecule has 0 aliphatic rings. The molecule has 12 nitrogen and oxygen atoms in total. The highest BCUT2D eigenvalue weighted by atomic mass is 16.5. The van der Waals surface area contributed by atoms with E-state index >= 15 is 0 Å². The van der Waals surface area contributed by atoms with Crippen LogP contribution in [0.25, 0.3) is 0 Å². The Hall–Kier alpha value is -5.26. The normalized spacial score (nSPS) is 10.7. The van der Waals surface area contributed by atoms with E-state index in [-0.39, 0.29) is 17.8 Å². The predicted molar refractivity (Wildman–Crippen MR) is 129 cm³/mol. The summed E-state index contributed by atoms with van der Waals surface area (Å²) in [4.78, 5) is 37.0. The number of amides is 2. The molecule has 0 radical (unpaired) electrons. The zero-order valence-electron chi connectivity index (χ0n) is 18.8. The van der Waals surface area contributed by atoms with E-state index in [0.29, 0.717) is 11.4 Å². The van der Waals surface area contributed by atoms with Gasteiger partial charge < -0.3 is 15.4 Å². The number of benzene rings is 3. The Balaban J connectivity index is 1.28. The third-order valence-electron chi connectivity index (χ3n) is 4.64. The lowest BCUT2D eigenvalue weighted by molar-refractivity contribution is -0.119. The van der Waals surface area contributed by atoms with Crippen molar-refractivity contribution in [1.82, 2.24) is 20.2 Å². The van der Waals surface area contributed by atoms with Crippen LogP contribution in [-0.2, 0) is 20.9 Å². The summed E-state index contributed by atoms with van der Waals surface area (Å²) in [7, 11) is 0. The molecule has 12 heteroatoms. The molecule has 0 saturated carbocycles. The molecule has 3 aromatic carbocycles. The average molecular weight is 484 g/mol. The van der Waals surface area contributed by atoms with E-state index in [1.807, 2.05) is 30.3 Å². The maximum atomic E-state index is 12.5. The monoisotopic (exact) mass is 484 g/mol. The van der Waals surface area contributed by atoms with Gasteiger partial charge in [0.25, 0.3) is 5.91 Å². The number of azo groups is 1. The van der Waals surface area contributed by atoms with Crippen LogP contribution in [0.4, 0.5) is 22.7 Å². The van der Waals surface area contributed by atoms with Gasteiger partial charge in [-0.05, 0) is 59.0 Å². The molecule has 0 atom stereocenters. The van der Waals surface area contributed by atoms with E-state index in [0.717, 1.165) is 5.69 Å². The van der Waals surface area contributed by atoms with Crippen LogP contribution in [0.15, 0.2) is 95.4 Å². The number of nitrogens with one attached hydrogen (secondary N) is 2. The largest absolute Gasteiger partial charge is 0.452 e. The fourth-order valence-electron chi connectivity index (χ4n) is 2.99. The van der Waals surface area contributed by atoms with Gasteiger partial charge in [-0.15, -0.1) is 5.10 Å². The minimum absolute atomic E-state index is 0.100. The number of esters is 1. The van der Waals surface area contributed by atoms with E-state index in [4.69, 9.17) is 4.74 Å². The lowest BCUT2D eigenvalue weighted by Crippen LogP contribution is -2.23. The quantitative estimate of drug-likeness (QED) is 0.272. The summed E-state index contributed by atoms with van der Waals surface area (Å²) >= 11 is 0. The van der Waals surface area contributed by atoms with Gasteiger partial charge in [-0.2, -0.15) is 10.2 Å². The molecule has 36 heavy (non-hydrogen) atoms. The van der Waals surface area contributed by atoms with Crippen LogP contribution in [0.5, 0.6) is 0 Å². The van der Waals surface area contributed by atoms with Crippen molar-refractivity contribution in [3.8, 4) is 0 Å². The molecule has 1 aromatic heterocycles. The van der Waals surface area contributed by atoms with Crippen molar-refractivity contribution < 1.29 is 19.1 Å². The summed E-state index contributed by atoms with van der Waals surface area (Å²) in [5.41, 5.74) is 2.18. The van der Waals surface area contributed by atoms with Gasteiger partial charge in [0.2, 0.25) is 5.91 Å². The predicted octanol–water partition coefficient (Wildman–Crippen LogP) is 3.52. The van der Waals surface area contributed by atoms with Crippen LogP contribution in [-0.4, -0.2) is 44.6 Å². The van der Waals surface area contributed by atoms with Crippen LogP contribution < -0.4 is 10.6 Å². The van der Waals surface area contributed by atoms with Crippen molar-refractivity contribution in [2.24, 2.45) is 10.2 Å². The maximum Gasteiger partial charge on any atom is 0.340 e. The number of carbonyl (C=O) groups excluding carboxylic acids is 3. The minimum atomic E-state index is -0.764. The Morgan fingerprint density at radius 1 is 0.806 bits per heavy atom. The molecular weight excluding hydrogens is 464 g/mol. The molecule has 1 heterocycles. The zero-order valence-corrected chi connectivity index (χ0v) is 18.8. The Morgan fingerprint density at radius 3 is 2.22 bits per heavy atom. The number of ether oxygens (including phenoxy) is 1. The summed E-state index contributed by atoms with van der Waals surface area (Å²) in [6.07, 6.45) is 1.29. The Morgan fingerprint density at radius 2 is 1.50 bits per heavy atom. The molecule has 0 bridgehead atoms. The molecule has 4 rings (SSSR count). The first-order valence-electron chi connectivity index (χ1n) is 10.7. The lowest BCUT2D eigenvalue weighted by atomic mass is 10.2. The Bertz CT molecular complexity index is 1360. The third kappa shape index (κ3) is 6.87. The van der Waals surface area contributed by atoms with E-state index in [1.54, 1.807) is 42.5 Å². The van der Waals surface area contributed by atoms with Gasteiger partial charge >= 0.3 is 5.97 Å². The number of hydrogen-bond acceptors (Lipinski definition) is 9. The highest BCUT2D eigenvalue weighted by Crippen LogP contribution is 2.20. The van der Waals surface area contributed by atoms with Gasteiger partial charge in [0.15, 0.2) is 6.61 Å². The van der Waals surface area contributed by atoms with E-state index < -0.39 is 24.4 Å². The molecule has 0 spiro atoms. The number of hydrogen-bond donors (Lipinski definition) is 2. The molecule has 2 N–H and O–H groups in total. The number of anilines is 2.